The molecule has 1 fully saturated rings. The number of aliphatic hydroxyl groups is 1. The minimum atomic E-state index is -3.58. The molecule has 1 N–H and O–H groups in total. The lowest BCUT2D eigenvalue weighted by Gasteiger charge is -2.44. The number of rotatable bonds is 8. The standard InChI is InChI=1S/C23H22N4O8S2/c1-3-37(33,34)20-22-25(11-24-20)9-17(36-22)15-8-16-18(12(2)28)21(29)26(16)19(15)23(30)35-10-13-4-6-14(7-5-13)27(31)32/h4-7,9,11-12,16,18,28H,3,8,10H2,1-2H3/t12-,16-,18-/m1/s1. The van der Waals surface area contributed by atoms with Crippen LogP contribution in [0.3, 0.4) is 0 Å². The molecule has 0 radical (unpaired) electrons. The van der Waals surface area contributed by atoms with Gasteiger partial charge in [0.15, 0.2) is 14.9 Å². The van der Waals surface area contributed by atoms with Gasteiger partial charge in [-0.2, -0.15) is 0 Å². The molecule has 12 nitrogen and oxygen atoms in total. The molecule has 2 aromatic heterocycles. The van der Waals surface area contributed by atoms with Crippen LogP contribution in [0.15, 0.2) is 47.5 Å². The number of nitrogens with zero attached hydrogens (tertiary/aromatic N) is 4. The maximum absolute atomic E-state index is 13.3. The van der Waals surface area contributed by atoms with Crippen LogP contribution in [-0.4, -0.2) is 62.5 Å². The van der Waals surface area contributed by atoms with Crippen LogP contribution in [0, 0.1) is 16.0 Å². The molecule has 4 heterocycles. The van der Waals surface area contributed by atoms with Gasteiger partial charge in [-0.1, -0.05) is 6.92 Å². The quantitative estimate of drug-likeness (QED) is 0.193. The fraction of sp³-hybridized carbons (Fsp3) is 0.348. The summed E-state index contributed by atoms with van der Waals surface area (Å²) < 4.78 is 32.0. The molecule has 14 heteroatoms. The lowest BCUT2D eigenvalue weighted by Crippen LogP contribution is -2.61. The Labute approximate surface area is 214 Å². The molecule has 0 bridgehead atoms. The third-order valence-corrected chi connectivity index (χ3v) is 9.54. The molecular formula is C23H22N4O8S2. The second-order valence-electron chi connectivity index (χ2n) is 8.83. The number of benzene rings is 1. The maximum atomic E-state index is 13.3. The second kappa shape index (κ2) is 9.04. The Bertz CT molecular complexity index is 1570. The molecule has 37 heavy (non-hydrogen) atoms. The molecule has 1 saturated heterocycles. The van der Waals surface area contributed by atoms with E-state index in [0.29, 0.717) is 20.8 Å². The Kier molecular flexibility index (Phi) is 6.12. The van der Waals surface area contributed by atoms with Gasteiger partial charge in [-0.05, 0) is 31.0 Å². The number of non-ortho nitro benzene ring substituents is 1. The van der Waals surface area contributed by atoms with Crippen molar-refractivity contribution in [3.8, 4) is 0 Å². The summed E-state index contributed by atoms with van der Waals surface area (Å²) in [5.41, 5.74) is 0.996. The molecular weight excluding hydrogens is 524 g/mol. The predicted molar refractivity (Wildman–Crippen MR) is 131 cm³/mol. The molecule has 0 unspecified atom stereocenters. The number of aliphatic hydroxyl groups excluding tert-OH is 1. The number of thiazole rings is 1. The Balaban J connectivity index is 1.49. The van der Waals surface area contributed by atoms with Gasteiger partial charge in [0.25, 0.3) is 5.69 Å². The normalized spacial score (nSPS) is 20.2. The van der Waals surface area contributed by atoms with Crippen molar-refractivity contribution in [2.45, 2.75) is 44.0 Å². The number of sulfone groups is 1. The van der Waals surface area contributed by atoms with Gasteiger partial charge in [-0.15, -0.1) is 11.3 Å². The topological polar surface area (TPSA) is 161 Å². The van der Waals surface area contributed by atoms with Crippen molar-refractivity contribution in [3.05, 3.63) is 63.0 Å². The highest BCUT2D eigenvalue weighted by Crippen LogP contribution is 2.48. The van der Waals surface area contributed by atoms with Gasteiger partial charge in [0.2, 0.25) is 5.91 Å². The first-order valence-electron chi connectivity index (χ1n) is 11.4. The number of imidazole rings is 1. The summed E-state index contributed by atoms with van der Waals surface area (Å²) in [6.07, 6.45) is 2.43. The van der Waals surface area contributed by atoms with Crippen molar-refractivity contribution < 1.29 is 32.8 Å². The van der Waals surface area contributed by atoms with E-state index in [4.69, 9.17) is 4.74 Å². The summed E-state index contributed by atoms with van der Waals surface area (Å²) in [4.78, 5) is 42.8. The minimum absolute atomic E-state index is 0.0474. The van der Waals surface area contributed by atoms with Crippen LogP contribution in [0.5, 0.6) is 0 Å². The summed E-state index contributed by atoms with van der Waals surface area (Å²) >= 11 is 1.14. The van der Waals surface area contributed by atoms with E-state index in [2.05, 4.69) is 4.98 Å². The molecule has 194 valence electrons. The van der Waals surface area contributed by atoms with Gasteiger partial charge in [-0.3, -0.25) is 19.3 Å². The molecule has 1 aromatic carbocycles. The van der Waals surface area contributed by atoms with Crippen molar-refractivity contribution in [2.75, 3.05) is 5.75 Å². The summed E-state index contributed by atoms with van der Waals surface area (Å²) in [5, 5.41) is 20.9. The first-order valence-corrected chi connectivity index (χ1v) is 13.8. The number of nitro groups is 1. The number of hydrogen-bond acceptors (Lipinski definition) is 10. The van der Waals surface area contributed by atoms with Gasteiger partial charge in [0, 0.05) is 23.9 Å². The first-order chi connectivity index (χ1) is 17.5. The van der Waals surface area contributed by atoms with E-state index in [1.54, 1.807) is 10.6 Å². The van der Waals surface area contributed by atoms with Crippen molar-refractivity contribution in [1.82, 2.24) is 14.3 Å². The molecule has 2 aliphatic heterocycles. The van der Waals surface area contributed by atoms with Crippen LogP contribution in [0.4, 0.5) is 5.69 Å². The molecule has 5 rings (SSSR count). The van der Waals surface area contributed by atoms with Crippen LogP contribution < -0.4 is 0 Å². The molecule has 3 atom stereocenters. The Morgan fingerprint density at radius 1 is 1.35 bits per heavy atom. The number of ether oxygens (including phenoxy) is 1. The van der Waals surface area contributed by atoms with Gasteiger partial charge in [0.1, 0.15) is 23.5 Å². The van der Waals surface area contributed by atoms with Crippen LogP contribution in [0.1, 0.15) is 30.7 Å². The molecule has 3 aromatic rings. The van der Waals surface area contributed by atoms with Gasteiger partial charge >= 0.3 is 5.97 Å². The average molecular weight is 547 g/mol. The van der Waals surface area contributed by atoms with Crippen molar-refractivity contribution in [2.24, 2.45) is 5.92 Å². The Morgan fingerprint density at radius 3 is 2.68 bits per heavy atom. The third kappa shape index (κ3) is 4.10. The number of nitro benzene ring substituents is 1. The fourth-order valence-electron chi connectivity index (χ4n) is 4.68. The smallest absolute Gasteiger partial charge is 0.355 e. The SMILES string of the molecule is CCS(=O)(=O)c1ncn2cc(C3=C(C(=O)OCc4ccc([N+](=O)[O-])cc4)N4C(=O)[C@H]([C@@H](C)O)[C@H]4C3)sc12. The maximum Gasteiger partial charge on any atom is 0.355 e. The molecule has 1 amide bonds. The van der Waals surface area contributed by atoms with Crippen LogP contribution >= 0.6 is 11.3 Å². The average Bonchev–Trinajstić information content (AvgIpc) is 3.53. The number of carbonyl (C=O) groups excluding carboxylic acids is 2. The van der Waals surface area contributed by atoms with Crippen LogP contribution in [-0.2, 0) is 30.8 Å². The number of fused-ring (bicyclic) bond motifs is 2. The van der Waals surface area contributed by atoms with Crippen molar-refractivity contribution in [3.63, 3.8) is 0 Å². The molecule has 0 aliphatic carbocycles. The van der Waals surface area contributed by atoms with E-state index in [-0.39, 0.29) is 35.2 Å². The van der Waals surface area contributed by atoms with Crippen molar-refractivity contribution >= 4 is 49.1 Å². The summed E-state index contributed by atoms with van der Waals surface area (Å²) in [6.45, 7) is 2.88. The zero-order chi connectivity index (χ0) is 26.6. The highest BCUT2D eigenvalue weighted by molar-refractivity contribution is 7.91. The van der Waals surface area contributed by atoms with E-state index in [0.717, 1.165) is 11.3 Å². The summed E-state index contributed by atoms with van der Waals surface area (Å²) in [5.74, 6) is -1.93. The van der Waals surface area contributed by atoms with Crippen molar-refractivity contribution in [1.29, 1.82) is 0 Å². The van der Waals surface area contributed by atoms with Gasteiger partial charge in [-0.25, -0.2) is 18.2 Å². The largest absolute Gasteiger partial charge is 0.456 e. The lowest BCUT2D eigenvalue weighted by molar-refractivity contribution is -0.384. The third-order valence-electron chi connectivity index (χ3n) is 6.59. The zero-order valence-corrected chi connectivity index (χ0v) is 21.4. The number of β-lactam (4-membered cyclic amide) rings is 1. The molecule has 2 aliphatic rings. The van der Waals surface area contributed by atoms with E-state index in [1.807, 2.05) is 0 Å². The lowest BCUT2D eigenvalue weighted by atomic mass is 9.83. The number of aromatic nitrogens is 2. The predicted octanol–water partition coefficient (Wildman–Crippen LogP) is 2.16. The van der Waals surface area contributed by atoms with E-state index in [1.165, 1.54) is 49.3 Å². The summed E-state index contributed by atoms with van der Waals surface area (Å²) in [6, 6.07) is 5.12. The van der Waals surface area contributed by atoms with Crippen LogP contribution in [0.2, 0.25) is 0 Å². The molecule has 0 spiro atoms. The monoisotopic (exact) mass is 546 g/mol. The summed E-state index contributed by atoms with van der Waals surface area (Å²) in [7, 11) is -3.58. The Hall–Kier alpha value is -3.62. The first kappa shape index (κ1) is 25.0. The van der Waals surface area contributed by atoms with E-state index < -0.39 is 44.7 Å². The van der Waals surface area contributed by atoms with Crippen LogP contribution in [0.25, 0.3) is 10.4 Å². The zero-order valence-electron chi connectivity index (χ0n) is 19.7. The Morgan fingerprint density at radius 2 is 2.05 bits per heavy atom. The highest BCUT2D eigenvalue weighted by Gasteiger charge is 2.57. The number of esters is 1. The number of amides is 1. The fourth-order valence-corrected chi connectivity index (χ4v) is 7.06. The van der Waals surface area contributed by atoms with Gasteiger partial charge in [0.05, 0.1) is 33.6 Å². The number of hydrogen-bond donors (Lipinski definition) is 1. The molecule has 0 saturated carbocycles. The van der Waals surface area contributed by atoms with E-state index >= 15 is 0 Å². The van der Waals surface area contributed by atoms with E-state index in [9.17, 15) is 33.2 Å². The minimum Gasteiger partial charge on any atom is -0.456 e. The van der Waals surface area contributed by atoms with Gasteiger partial charge < -0.3 is 14.7 Å². The highest BCUT2D eigenvalue weighted by atomic mass is 32.2. The second-order valence-corrected chi connectivity index (χ2v) is 12.1. The number of carbonyl (C=O) groups is 2.